The second kappa shape index (κ2) is 6.75. The third-order valence-electron chi connectivity index (χ3n) is 3.74. The molecule has 1 aromatic heterocycles. The van der Waals surface area contributed by atoms with Gasteiger partial charge in [-0.2, -0.15) is 4.37 Å². The largest absolute Gasteiger partial charge is 0.382 e. The fourth-order valence-corrected chi connectivity index (χ4v) is 3.37. The van der Waals surface area contributed by atoms with Gasteiger partial charge in [0.2, 0.25) is 0 Å². The van der Waals surface area contributed by atoms with Crippen molar-refractivity contribution in [2.45, 2.75) is 38.5 Å². The number of nitrogen functional groups attached to an aromatic ring is 1. The van der Waals surface area contributed by atoms with Gasteiger partial charge in [0, 0.05) is 13.6 Å². The van der Waals surface area contributed by atoms with Crippen LogP contribution in [0.1, 0.15) is 48.9 Å². The molecule has 0 unspecified atom stereocenters. The lowest BCUT2D eigenvalue weighted by Crippen LogP contribution is -2.20. The molecule has 0 saturated heterocycles. The Labute approximate surface area is 118 Å². The van der Waals surface area contributed by atoms with Gasteiger partial charge in [0.05, 0.1) is 0 Å². The Hall–Kier alpha value is -1.30. The normalized spacial score (nSPS) is 16.3. The van der Waals surface area contributed by atoms with E-state index >= 15 is 0 Å². The number of carbonyl (C=O) groups excluding carboxylic acids is 1. The van der Waals surface area contributed by atoms with Gasteiger partial charge < -0.3 is 16.4 Å². The minimum atomic E-state index is -0.175. The van der Waals surface area contributed by atoms with E-state index in [2.05, 4.69) is 15.0 Å². The third-order valence-corrected chi connectivity index (χ3v) is 4.55. The summed E-state index contributed by atoms with van der Waals surface area (Å²) < 4.78 is 4.05. The summed E-state index contributed by atoms with van der Waals surface area (Å²) in [6.45, 7) is 0.885. The Bertz CT molecular complexity index is 426. The lowest BCUT2D eigenvalue weighted by atomic mass is 9.87. The minimum absolute atomic E-state index is 0.175. The maximum absolute atomic E-state index is 11.7. The molecule has 1 saturated carbocycles. The summed E-state index contributed by atoms with van der Waals surface area (Å²) in [5, 5.41) is 6.69. The smallest absolute Gasteiger partial charge is 0.257 e. The second-order valence-electron chi connectivity index (χ2n) is 5.07. The summed E-state index contributed by atoms with van der Waals surface area (Å²) >= 11 is 1.26. The van der Waals surface area contributed by atoms with Crippen molar-refractivity contribution < 1.29 is 4.79 Å². The average Bonchev–Trinajstić information content (AvgIpc) is 2.80. The van der Waals surface area contributed by atoms with Gasteiger partial charge in [-0.15, -0.1) is 0 Å². The first kappa shape index (κ1) is 14.1. The van der Waals surface area contributed by atoms with Crippen molar-refractivity contribution in [1.82, 2.24) is 9.69 Å². The molecule has 1 fully saturated rings. The van der Waals surface area contributed by atoms with Gasteiger partial charge in [-0.05, 0) is 23.9 Å². The van der Waals surface area contributed by atoms with E-state index in [1.54, 1.807) is 7.05 Å². The van der Waals surface area contributed by atoms with Crippen LogP contribution in [0.15, 0.2) is 0 Å². The van der Waals surface area contributed by atoms with Crippen molar-refractivity contribution in [2.24, 2.45) is 5.92 Å². The molecular weight excluding hydrogens is 260 g/mol. The Morgan fingerprint density at radius 1 is 1.42 bits per heavy atom. The number of hydrogen-bond acceptors (Lipinski definition) is 5. The first-order chi connectivity index (χ1) is 9.22. The van der Waals surface area contributed by atoms with Crippen LogP contribution in [0, 0.1) is 5.92 Å². The maximum atomic E-state index is 11.7. The molecule has 0 atom stereocenters. The summed E-state index contributed by atoms with van der Waals surface area (Å²) in [4.78, 5) is 11.7. The van der Waals surface area contributed by atoms with Crippen molar-refractivity contribution in [3.05, 3.63) is 5.56 Å². The predicted molar refractivity (Wildman–Crippen MR) is 79.6 cm³/mol. The highest BCUT2D eigenvalue weighted by Gasteiger charge is 2.18. The number of nitrogens with zero attached hydrogens (tertiary/aromatic N) is 1. The highest BCUT2D eigenvalue weighted by molar-refractivity contribution is 7.11. The van der Waals surface area contributed by atoms with Gasteiger partial charge in [-0.25, -0.2) is 0 Å². The molecule has 0 radical (unpaired) electrons. The van der Waals surface area contributed by atoms with Crippen LogP contribution in [0.25, 0.3) is 0 Å². The molecule has 0 spiro atoms. The highest BCUT2D eigenvalue weighted by atomic mass is 32.1. The van der Waals surface area contributed by atoms with E-state index in [0.29, 0.717) is 11.4 Å². The predicted octanol–water partition coefficient (Wildman–Crippen LogP) is 2.47. The van der Waals surface area contributed by atoms with E-state index in [1.165, 1.54) is 43.6 Å². The zero-order valence-electron chi connectivity index (χ0n) is 11.4. The lowest BCUT2D eigenvalue weighted by molar-refractivity contribution is 0.0965. The summed E-state index contributed by atoms with van der Waals surface area (Å²) in [5.74, 6) is 0.964. The van der Waals surface area contributed by atoms with Crippen molar-refractivity contribution in [3.8, 4) is 0 Å². The topological polar surface area (TPSA) is 80.0 Å². The molecule has 2 rings (SSSR count). The standard InChI is InChI=1S/C13H22N4OS/c1-15-12(18)10-11(14)17-19-13(10)16-8-7-9-5-3-2-4-6-9/h9,16H,2-8H2,1H3,(H2,14,17)(H,15,18). The zero-order chi connectivity index (χ0) is 13.7. The van der Waals surface area contributed by atoms with Crippen molar-refractivity contribution in [2.75, 3.05) is 24.6 Å². The van der Waals surface area contributed by atoms with Crippen LogP contribution in [0.5, 0.6) is 0 Å². The number of carbonyl (C=O) groups is 1. The monoisotopic (exact) mass is 282 g/mol. The Morgan fingerprint density at radius 3 is 2.84 bits per heavy atom. The minimum Gasteiger partial charge on any atom is -0.382 e. The molecular formula is C13H22N4OS. The summed E-state index contributed by atoms with van der Waals surface area (Å²) in [7, 11) is 1.60. The number of aromatic nitrogens is 1. The highest BCUT2D eigenvalue weighted by Crippen LogP contribution is 2.29. The first-order valence-electron chi connectivity index (χ1n) is 6.93. The van der Waals surface area contributed by atoms with Crippen molar-refractivity contribution in [1.29, 1.82) is 0 Å². The molecule has 0 aliphatic heterocycles. The molecule has 1 heterocycles. The SMILES string of the molecule is CNC(=O)c1c(N)nsc1NCCC1CCCCC1. The van der Waals surface area contributed by atoms with Crippen molar-refractivity contribution >= 4 is 28.3 Å². The van der Waals surface area contributed by atoms with E-state index in [1.807, 2.05) is 0 Å². The summed E-state index contributed by atoms with van der Waals surface area (Å²) in [6, 6.07) is 0. The van der Waals surface area contributed by atoms with Crippen LogP contribution in [0.3, 0.4) is 0 Å². The molecule has 1 aliphatic rings. The number of anilines is 2. The quantitative estimate of drug-likeness (QED) is 0.775. The van der Waals surface area contributed by atoms with Crippen LogP contribution >= 0.6 is 11.5 Å². The third kappa shape index (κ3) is 3.59. The molecule has 0 aromatic carbocycles. The van der Waals surface area contributed by atoms with Crippen LogP contribution in [-0.4, -0.2) is 23.9 Å². The van der Waals surface area contributed by atoms with Gasteiger partial charge in [0.25, 0.3) is 5.91 Å². The van der Waals surface area contributed by atoms with Gasteiger partial charge in [0.15, 0.2) is 5.82 Å². The molecule has 19 heavy (non-hydrogen) atoms. The van der Waals surface area contributed by atoms with Gasteiger partial charge in [0.1, 0.15) is 10.6 Å². The number of amides is 1. The molecule has 106 valence electrons. The molecule has 4 N–H and O–H groups in total. The Kier molecular flexibility index (Phi) is 5.01. The summed E-state index contributed by atoms with van der Waals surface area (Å²) in [6.07, 6.45) is 7.95. The van der Waals surface area contributed by atoms with Crippen LogP contribution in [0.2, 0.25) is 0 Å². The van der Waals surface area contributed by atoms with E-state index in [9.17, 15) is 4.79 Å². The molecule has 6 heteroatoms. The number of nitrogens with one attached hydrogen (secondary N) is 2. The van der Waals surface area contributed by atoms with E-state index < -0.39 is 0 Å². The zero-order valence-corrected chi connectivity index (χ0v) is 12.2. The van der Waals surface area contributed by atoms with Gasteiger partial charge >= 0.3 is 0 Å². The van der Waals surface area contributed by atoms with Crippen LogP contribution < -0.4 is 16.4 Å². The fourth-order valence-electron chi connectivity index (χ4n) is 2.63. The number of rotatable bonds is 5. The molecule has 1 aliphatic carbocycles. The van der Waals surface area contributed by atoms with Crippen LogP contribution in [-0.2, 0) is 0 Å². The van der Waals surface area contributed by atoms with E-state index in [0.717, 1.165) is 23.9 Å². The van der Waals surface area contributed by atoms with Crippen LogP contribution in [0.4, 0.5) is 10.8 Å². The molecule has 5 nitrogen and oxygen atoms in total. The van der Waals surface area contributed by atoms with E-state index in [-0.39, 0.29) is 5.91 Å². The van der Waals surface area contributed by atoms with Gasteiger partial charge in [-0.3, -0.25) is 4.79 Å². The molecule has 1 aromatic rings. The Balaban J connectivity index is 1.87. The molecule has 0 bridgehead atoms. The number of hydrogen-bond donors (Lipinski definition) is 3. The average molecular weight is 282 g/mol. The first-order valence-corrected chi connectivity index (χ1v) is 7.70. The Morgan fingerprint density at radius 2 is 2.16 bits per heavy atom. The fraction of sp³-hybridized carbons (Fsp3) is 0.692. The van der Waals surface area contributed by atoms with E-state index in [4.69, 9.17) is 5.73 Å². The van der Waals surface area contributed by atoms with Crippen molar-refractivity contribution in [3.63, 3.8) is 0 Å². The lowest BCUT2D eigenvalue weighted by Gasteiger charge is -2.21. The number of nitrogens with two attached hydrogens (primary N) is 1. The van der Waals surface area contributed by atoms with Gasteiger partial charge in [-0.1, -0.05) is 32.1 Å². The second-order valence-corrected chi connectivity index (χ2v) is 5.84. The molecule has 1 amide bonds. The summed E-state index contributed by atoms with van der Waals surface area (Å²) in [5.41, 5.74) is 6.21. The maximum Gasteiger partial charge on any atom is 0.257 e.